The zero-order valence-electron chi connectivity index (χ0n) is 11.5. The molecule has 108 valence electrons. The average Bonchev–Trinajstić information content (AvgIpc) is 3.26. The van der Waals surface area contributed by atoms with E-state index < -0.39 is 4.92 Å². The van der Waals surface area contributed by atoms with E-state index in [0.717, 1.165) is 37.8 Å². The van der Waals surface area contributed by atoms with Crippen molar-refractivity contribution in [2.45, 2.75) is 25.4 Å². The van der Waals surface area contributed by atoms with E-state index in [1.807, 2.05) is 6.07 Å². The van der Waals surface area contributed by atoms with Gasteiger partial charge in [-0.2, -0.15) is 0 Å². The number of nitrogens with two attached hydrogens (primary N) is 1. The zero-order valence-corrected chi connectivity index (χ0v) is 11.5. The predicted molar refractivity (Wildman–Crippen MR) is 77.4 cm³/mol. The first kappa shape index (κ1) is 13.3. The van der Waals surface area contributed by atoms with E-state index in [2.05, 4.69) is 9.80 Å². The van der Waals surface area contributed by atoms with Crippen molar-refractivity contribution in [3.8, 4) is 0 Å². The molecule has 0 amide bonds. The Labute approximate surface area is 118 Å². The molecular weight excluding hydrogens is 256 g/mol. The maximum absolute atomic E-state index is 10.9. The summed E-state index contributed by atoms with van der Waals surface area (Å²) in [6.07, 6.45) is 2.69. The highest BCUT2D eigenvalue weighted by Crippen LogP contribution is 2.29. The molecule has 0 atom stereocenters. The normalized spacial score (nSPS) is 21.0. The second-order valence-corrected chi connectivity index (χ2v) is 5.65. The molecule has 1 aliphatic carbocycles. The molecule has 2 N–H and O–H groups in total. The van der Waals surface area contributed by atoms with Crippen LogP contribution in [0.3, 0.4) is 0 Å². The fourth-order valence-electron chi connectivity index (χ4n) is 2.86. The van der Waals surface area contributed by atoms with Crippen molar-refractivity contribution in [1.82, 2.24) is 9.80 Å². The van der Waals surface area contributed by atoms with Crippen LogP contribution in [0, 0.1) is 10.1 Å². The minimum Gasteiger partial charge on any atom is -0.393 e. The van der Waals surface area contributed by atoms with Gasteiger partial charge in [0.25, 0.3) is 5.69 Å². The third kappa shape index (κ3) is 2.76. The number of nitro groups is 1. The van der Waals surface area contributed by atoms with Crippen molar-refractivity contribution in [3.63, 3.8) is 0 Å². The topological polar surface area (TPSA) is 75.6 Å². The number of piperazine rings is 1. The van der Waals surface area contributed by atoms with Crippen LogP contribution in [0.25, 0.3) is 0 Å². The standard InChI is InChI=1S/C14H20N4O2/c15-14-11(2-1-3-13(14)18(19)20)10-16-6-8-17(9-7-16)12-4-5-12/h1-3,12H,4-10,15H2. The molecule has 20 heavy (non-hydrogen) atoms. The number of rotatable bonds is 4. The van der Waals surface area contributed by atoms with Crippen LogP contribution in [-0.4, -0.2) is 46.9 Å². The second-order valence-electron chi connectivity index (χ2n) is 5.65. The van der Waals surface area contributed by atoms with Gasteiger partial charge in [0.1, 0.15) is 5.69 Å². The Bertz CT molecular complexity index is 508. The third-order valence-corrected chi connectivity index (χ3v) is 4.23. The van der Waals surface area contributed by atoms with Crippen LogP contribution in [0.2, 0.25) is 0 Å². The van der Waals surface area contributed by atoms with Crippen molar-refractivity contribution >= 4 is 11.4 Å². The van der Waals surface area contributed by atoms with Gasteiger partial charge in [-0.1, -0.05) is 12.1 Å². The summed E-state index contributed by atoms with van der Waals surface area (Å²) < 4.78 is 0. The molecule has 2 fully saturated rings. The SMILES string of the molecule is Nc1c(CN2CCN(C3CC3)CC2)cccc1[N+](=O)[O-]. The molecule has 1 heterocycles. The Kier molecular flexibility index (Phi) is 3.58. The molecule has 0 bridgehead atoms. The predicted octanol–water partition coefficient (Wildman–Crippen LogP) is 1.46. The van der Waals surface area contributed by atoms with Crippen LogP contribution in [0.4, 0.5) is 11.4 Å². The first-order valence-corrected chi connectivity index (χ1v) is 7.13. The molecule has 0 radical (unpaired) electrons. The Morgan fingerprint density at radius 3 is 2.55 bits per heavy atom. The van der Waals surface area contributed by atoms with E-state index in [1.165, 1.54) is 18.9 Å². The minimum absolute atomic E-state index is 0.0131. The van der Waals surface area contributed by atoms with E-state index in [1.54, 1.807) is 6.07 Å². The molecule has 0 spiro atoms. The number of benzene rings is 1. The Morgan fingerprint density at radius 2 is 1.95 bits per heavy atom. The quantitative estimate of drug-likeness (QED) is 0.512. The number of hydrogen-bond acceptors (Lipinski definition) is 5. The summed E-state index contributed by atoms with van der Waals surface area (Å²) in [6.45, 7) is 4.92. The van der Waals surface area contributed by atoms with E-state index in [-0.39, 0.29) is 5.69 Å². The smallest absolute Gasteiger partial charge is 0.292 e. The van der Waals surface area contributed by atoms with E-state index >= 15 is 0 Å². The number of anilines is 1. The Morgan fingerprint density at radius 1 is 1.25 bits per heavy atom. The monoisotopic (exact) mass is 276 g/mol. The first-order chi connectivity index (χ1) is 9.65. The largest absolute Gasteiger partial charge is 0.393 e. The van der Waals surface area contributed by atoms with Crippen LogP contribution in [0.15, 0.2) is 18.2 Å². The molecule has 0 unspecified atom stereocenters. The maximum Gasteiger partial charge on any atom is 0.292 e. The molecule has 1 aromatic carbocycles. The molecule has 6 nitrogen and oxygen atoms in total. The Hall–Kier alpha value is -1.66. The van der Waals surface area contributed by atoms with Crippen LogP contribution in [-0.2, 0) is 6.54 Å². The van der Waals surface area contributed by atoms with E-state index in [0.29, 0.717) is 12.2 Å². The summed E-state index contributed by atoms with van der Waals surface area (Å²) in [5.74, 6) is 0. The van der Waals surface area contributed by atoms with Crippen molar-refractivity contribution in [2.75, 3.05) is 31.9 Å². The lowest BCUT2D eigenvalue weighted by Gasteiger charge is -2.34. The molecule has 1 aliphatic heterocycles. The van der Waals surface area contributed by atoms with Gasteiger partial charge in [0.2, 0.25) is 0 Å². The third-order valence-electron chi connectivity index (χ3n) is 4.23. The van der Waals surface area contributed by atoms with Crippen LogP contribution in [0.1, 0.15) is 18.4 Å². The number of nitrogens with zero attached hydrogens (tertiary/aromatic N) is 3. The molecular formula is C14H20N4O2. The van der Waals surface area contributed by atoms with Crippen molar-refractivity contribution in [2.24, 2.45) is 0 Å². The number of nitrogen functional groups attached to an aromatic ring is 1. The van der Waals surface area contributed by atoms with Gasteiger partial charge in [-0.25, -0.2) is 0 Å². The summed E-state index contributed by atoms with van der Waals surface area (Å²) in [5.41, 5.74) is 7.09. The van der Waals surface area contributed by atoms with Gasteiger partial charge >= 0.3 is 0 Å². The summed E-state index contributed by atoms with van der Waals surface area (Å²) >= 11 is 0. The van der Waals surface area contributed by atoms with E-state index in [4.69, 9.17) is 5.73 Å². The van der Waals surface area contributed by atoms with Gasteiger partial charge in [0.05, 0.1) is 4.92 Å². The molecule has 6 heteroatoms. The van der Waals surface area contributed by atoms with Crippen LogP contribution < -0.4 is 5.73 Å². The van der Waals surface area contributed by atoms with Gasteiger partial charge in [-0.05, 0) is 18.4 Å². The van der Waals surface area contributed by atoms with Crippen LogP contribution >= 0.6 is 0 Å². The van der Waals surface area contributed by atoms with Gasteiger partial charge < -0.3 is 5.73 Å². The lowest BCUT2D eigenvalue weighted by atomic mass is 10.1. The Balaban J connectivity index is 1.63. The highest BCUT2D eigenvalue weighted by molar-refractivity contribution is 5.62. The highest BCUT2D eigenvalue weighted by Gasteiger charge is 2.31. The molecule has 3 rings (SSSR count). The molecule has 1 aromatic rings. The van der Waals surface area contributed by atoms with Crippen molar-refractivity contribution in [3.05, 3.63) is 33.9 Å². The summed E-state index contributed by atoms with van der Waals surface area (Å²) in [7, 11) is 0. The highest BCUT2D eigenvalue weighted by atomic mass is 16.6. The molecule has 2 aliphatic rings. The summed E-state index contributed by atoms with van der Waals surface area (Å²) in [5, 5.41) is 10.9. The van der Waals surface area contributed by atoms with Gasteiger partial charge in [0.15, 0.2) is 0 Å². The van der Waals surface area contributed by atoms with Crippen molar-refractivity contribution in [1.29, 1.82) is 0 Å². The average molecular weight is 276 g/mol. The minimum atomic E-state index is -0.413. The van der Waals surface area contributed by atoms with Gasteiger partial charge in [0, 0.05) is 44.8 Å². The lowest BCUT2D eigenvalue weighted by Crippen LogP contribution is -2.46. The maximum atomic E-state index is 10.9. The number of hydrogen-bond donors (Lipinski definition) is 1. The van der Waals surface area contributed by atoms with Gasteiger partial charge in [-0.15, -0.1) is 0 Å². The molecule has 0 aromatic heterocycles. The summed E-state index contributed by atoms with van der Waals surface area (Å²) in [4.78, 5) is 15.4. The van der Waals surface area contributed by atoms with Crippen LogP contribution in [0.5, 0.6) is 0 Å². The number of nitro benzene ring substituents is 1. The fraction of sp³-hybridized carbons (Fsp3) is 0.571. The lowest BCUT2D eigenvalue weighted by molar-refractivity contribution is -0.384. The van der Waals surface area contributed by atoms with Crippen molar-refractivity contribution < 1.29 is 4.92 Å². The van der Waals surface area contributed by atoms with Gasteiger partial charge in [-0.3, -0.25) is 19.9 Å². The first-order valence-electron chi connectivity index (χ1n) is 7.13. The van der Waals surface area contributed by atoms with E-state index in [9.17, 15) is 10.1 Å². The molecule has 1 saturated carbocycles. The fourth-order valence-corrected chi connectivity index (χ4v) is 2.86. The summed E-state index contributed by atoms with van der Waals surface area (Å²) in [6, 6.07) is 5.88. The molecule has 1 saturated heterocycles. The zero-order chi connectivity index (χ0) is 14.1. The second kappa shape index (κ2) is 5.38. The number of para-hydroxylation sites is 1.